The molecule has 1 heterocycles. The van der Waals surface area contributed by atoms with E-state index in [1.807, 2.05) is 13.8 Å². The van der Waals surface area contributed by atoms with Crippen LogP contribution in [0, 0.1) is 5.92 Å². The molecular formula is C16H34N2. The fourth-order valence-corrected chi connectivity index (χ4v) is 1.98. The van der Waals surface area contributed by atoms with E-state index in [1.54, 1.807) is 0 Å². The summed E-state index contributed by atoms with van der Waals surface area (Å²) in [5.74, 6) is 0.821. The second-order valence-electron chi connectivity index (χ2n) is 5.95. The third-order valence-electron chi connectivity index (χ3n) is 3.61. The number of allylic oxidation sites excluding steroid dienone is 1. The van der Waals surface area contributed by atoms with Crippen LogP contribution in [0.4, 0.5) is 0 Å². The van der Waals surface area contributed by atoms with Crippen molar-refractivity contribution in [1.29, 1.82) is 0 Å². The van der Waals surface area contributed by atoms with Crippen LogP contribution in [0.1, 0.15) is 60.3 Å². The minimum atomic E-state index is 0.314. The molecule has 1 aliphatic rings. The van der Waals surface area contributed by atoms with Gasteiger partial charge in [0.2, 0.25) is 0 Å². The standard InChI is InChI=1S/C14H28N2.C2H6/c1-14(2,3)16(4)12-6-5-7-13-8-10-15-11-9-13;1-2/h8,10,13,15H,5-7,9,11-12H2,1-4H3;1-2H3. The Hall–Kier alpha value is -0.500. The van der Waals surface area contributed by atoms with Crippen molar-refractivity contribution in [3.63, 3.8) is 0 Å². The van der Waals surface area contributed by atoms with Crippen LogP contribution in [0.15, 0.2) is 12.3 Å². The van der Waals surface area contributed by atoms with E-state index in [0.29, 0.717) is 5.54 Å². The van der Waals surface area contributed by atoms with Gasteiger partial charge in [0.15, 0.2) is 0 Å². The van der Waals surface area contributed by atoms with Gasteiger partial charge in [-0.1, -0.05) is 26.3 Å². The monoisotopic (exact) mass is 254 g/mol. The van der Waals surface area contributed by atoms with E-state index in [2.05, 4.69) is 50.3 Å². The molecule has 2 nitrogen and oxygen atoms in total. The van der Waals surface area contributed by atoms with Gasteiger partial charge in [0, 0.05) is 12.1 Å². The number of rotatable bonds is 5. The lowest BCUT2D eigenvalue weighted by Crippen LogP contribution is -2.38. The Morgan fingerprint density at radius 1 is 1.22 bits per heavy atom. The van der Waals surface area contributed by atoms with Crippen LogP contribution >= 0.6 is 0 Å². The van der Waals surface area contributed by atoms with Crippen LogP contribution in [-0.2, 0) is 0 Å². The summed E-state index contributed by atoms with van der Waals surface area (Å²) < 4.78 is 0. The highest BCUT2D eigenvalue weighted by Gasteiger charge is 2.16. The number of unbranched alkanes of at least 4 members (excludes halogenated alkanes) is 1. The third kappa shape index (κ3) is 7.75. The van der Waals surface area contributed by atoms with Gasteiger partial charge in [-0.25, -0.2) is 0 Å². The van der Waals surface area contributed by atoms with Gasteiger partial charge in [-0.2, -0.15) is 0 Å². The zero-order valence-corrected chi connectivity index (χ0v) is 13.4. The topological polar surface area (TPSA) is 15.3 Å². The van der Waals surface area contributed by atoms with E-state index in [0.717, 1.165) is 12.5 Å². The summed E-state index contributed by atoms with van der Waals surface area (Å²) in [5, 5.41) is 3.25. The maximum Gasteiger partial charge on any atom is 0.0146 e. The summed E-state index contributed by atoms with van der Waals surface area (Å²) in [5.41, 5.74) is 0.314. The molecule has 0 saturated carbocycles. The Morgan fingerprint density at radius 3 is 2.39 bits per heavy atom. The second-order valence-corrected chi connectivity index (χ2v) is 5.95. The van der Waals surface area contributed by atoms with Crippen molar-refractivity contribution in [2.24, 2.45) is 5.92 Å². The number of nitrogens with zero attached hydrogens (tertiary/aromatic N) is 1. The zero-order chi connectivity index (χ0) is 14.0. The normalized spacial score (nSPS) is 19.2. The molecule has 0 spiro atoms. The van der Waals surface area contributed by atoms with Crippen LogP contribution in [0.2, 0.25) is 0 Å². The SMILES string of the molecule is CC.CN(CCCCC1C=CNCC1)C(C)(C)C. The lowest BCUT2D eigenvalue weighted by molar-refractivity contribution is 0.171. The maximum absolute atomic E-state index is 3.25. The molecule has 0 bridgehead atoms. The summed E-state index contributed by atoms with van der Waals surface area (Å²) in [6.07, 6.45) is 9.80. The first-order chi connectivity index (χ1) is 8.50. The highest BCUT2D eigenvalue weighted by Crippen LogP contribution is 2.17. The van der Waals surface area contributed by atoms with Crippen molar-refractivity contribution in [1.82, 2.24) is 10.2 Å². The minimum Gasteiger partial charge on any atom is -0.391 e. The fraction of sp³-hybridized carbons (Fsp3) is 0.875. The van der Waals surface area contributed by atoms with Crippen molar-refractivity contribution >= 4 is 0 Å². The molecule has 0 aromatic carbocycles. The molecule has 0 aliphatic carbocycles. The molecule has 0 radical (unpaired) electrons. The van der Waals surface area contributed by atoms with Crippen molar-refractivity contribution in [3.05, 3.63) is 12.3 Å². The molecule has 1 unspecified atom stereocenters. The maximum atomic E-state index is 3.25. The molecule has 1 N–H and O–H groups in total. The smallest absolute Gasteiger partial charge is 0.0146 e. The Labute approximate surface area is 115 Å². The summed E-state index contributed by atoms with van der Waals surface area (Å²) in [4.78, 5) is 2.45. The Morgan fingerprint density at radius 2 is 1.89 bits per heavy atom. The van der Waals surface area contributed by atoms with Gasteiger partial charge in [0.25, 0.3) is 0 Å². The summed E-state index contributed by atoms with van der Waals surface area (Å²) >= 11 is 0. The molecule has 2 heteroatoms. The van der Waals surface area contributed by atoms with E-state index < -0.39 is 0 Å². The molecule has 1 atom stereocenters. The second kappa shape index (κ2) is 9.43. The number of hydrogen-bond donors (Lipinski definition) is 1. The molecule has 108 valence electrons. The van der Waals surface area contributed by atoms with E-state index >= 15 is 0 Å². The van der Waals surface area contributed by atoms with Crippen LogP contribution in [0.25, 0.3) is 0 Å². The molecule has 0 fully saturated rings. The van der Waals surface area contributed by atoms with Crippen LogP contribution < -0.4 is 5.32 Å². The first-order valence-electron chi connectivity index (χ1n) is 7.61. The predicted molar refractivity (Wildman–Crippen MR) is 82.8 cm³/mol. The van der Waals surface area contributed by atoms with Crippen LogP contribution in [-0.4, -0.2) is 30.6 Å². The molecule has 18 heavy (non-hydrogen) atoms. The first kappa shape index (κ1) is 17.5. The Bertz CT molecular complexity index is 216. The molecule has 1 rings (SSSR count). The molecule has 0 aromatic heterocycles. The van der Waals surface area contributed by atoms with Crippen molar-refractivity contribution in [3.8, 4) is 0 Å². The highest BCUT2D eigenvalue weighted by atomic mass is 15.1. The zero-order valence-electron chi connectivity index (χ0n) is 13.4. The highest BCUT2D eigenvalue weighted by molar-refractivity contribution is 4.91. The quantitative estimate of drug-likeness (QED) is 0.745. The largest absolute Gasteiger partial charge is 0.391 e. The molecule has 0 saturated heterocycles. The lowest BCUT2D eigenvalue weighted by Gasteiger charge is -2.32. The van der Waals surface area contributed by atoms with Crippen molar-refractivity contribution in [2.45, 2.75) is 65.8 Å². The molecule has 1 aliphatic heterocycles. The average Bonchev–Trinajstić information content (AvgIpc) is 2.37. The van der Waals surface area contributed by atoms with Crippen molar-refractivity contribution < 1.29 is 0 Å². The van der Waals surface area contributed by atoms with E-state index in [9.17, 15) is 0 Å². The average molecular weight is 254 g/mol. The van der Waals surface area contributed by atoms with E-state index in [1.165, 1.54) is 32.2 Å². The van der Waals surface area contributed by atoms with Gasteiger partial charge in [-0.05, 0) is 65.7 Å². The summed E-state index contributed by atoms with van der Waals surface area (Å²) in [7, 11) is 2.23. The summed E-state index contributed by atoms with van der Waals surface area (Å²) in [6.45, 7) is 13.2. The van der Waals surface area contributed by atoms with Crippen LogP contribution in [0.5, 0.6) is 0 Å². The Kier molecular flexibility index (Phi) is 9.17. The van der Waals surface area contributed by atoms with Gasteiger partial charge < -0.3 is 10.2 Å². The van der Waals surface area contributed by atoms with Gasteiger partial charge in [-0.15, -0.1) is 0 Å². The fourth-order valence-electron chi connectivity index (χ4n) is 1.98. The van der Waals surface area contributed by atoms with E-state index in [4.69, 9.17) is 0 Å². The predicted octanol–water partition coefficient (Wildman–Crippen LogP) is 4.04. The molecular weight excluding hydrogens is 220 g/mol. The number of hydrogen-bond acceptors (Lipinski definition) is 2. The molecule has 0 amide bonds. The van der Waals surface area contributed by atoms with Crippen LogP contribution in [0.3, 0.4) is 0 Å². The third-order valence-corrected chi connectivity index (χ3v) is 3.61. The van der Waals surface area contributed by atoms with Gasteiger partial charge in [-0.3, -0.25) is 0 Å². The van der Waals surface area contributed by atoms with Gasteiger partial charge in [0.05, 0.1) is 0 Å². The Balaban J connectivity index is 0.00000137. The lowest BCUT2D eigenvalue weighted by atomic mass is 9.96. The first-order valence-corrected chi connectivity index (χ1v) is 7.61. The van der Waals surface area contributed by atoms with Crippen molar-refractivity contribution in [2.75, 3.05) is 20.1 Å². The van der Waals surface area contributed by atoms with E-state index in [-0.39, 0.29) is 0 Å². The number of nitrogens with one attached hydrogen (secondary N) is 1. The van der Waals surface area contributed by atoms with Gasteiger partial charge >= 0.3 is 0 Å². The summed E-state index contributed by atoms with van der Waals surface area (Å²) in [6, 6.07) is 0. The van der Waals surface area contributed by atoms with Gasteiger partial charge in [0.1, 0.15) is 0 Å². The molecule has 0 aromatic rings. The minimum absolute atomic E-state index is 0.314.